The van der Waals surface area contributed by atoms with Gasteiger partial charge in [-0.3, -0.25) is 0 Å². The van der Waals surface area contributed by atoms with E-state index in [1.165, 1.54) is 0 Å². The molecule has 0 saturated heterocycles. The van der Waals surface area contributed by atoms with Crippen LogP contribution in [-0.2, 0) is 11.2 Å². The third-order valence-electron chi connectivity index (χ3n) is 3.04. The normalized spacial score (nSPS) is 12.2. The van der Waals surface area contributed by atoms with Gasteiger partial charge in [-0.1, -0.05) is 12.1 Å². The monoisotopic (exact) mass is 337 g/mol. The highest BCUT2D eigenvalue weighted by Crippen LogP contribution is 2.16. The molecule has 0 heterocycles. The first kappa shape index (κ1) is 20.0. The van der Waals surface area contributed by atoms with E-state index in [0.717, 1.165) is 11.3 Å². The fraction of sp³-hybridized carbons (Fsp3) is 0.526. The minimum Gasteiger partial charge on any atom is -0.491 e. The van der Waals surface area contributed by atoms with Crippen LogP contribution in [0.15, 0.2) is 36.2 Å². The summed E-state index contributed by atoms with van der Waals surface area (Å²) in [6.07, 6.45) is 1.35. The van der Waals surface area contributed by atoms with Crippen molar-refractivity contribution in [2.24, 2.45) is 0 Å². The fourth-order valence-corrected chi connectivity index (χ4v) is 1.99. The van der Waals surface area contributed by atoms with Crippen molar-refractivity contribution in [2.45, 2.75) is 59.2 Å². The van der Waals surface area contributed by atoms with Crippen molar-refractivity contribution < 1.29 is 18.7 Å². The predicted molar refractivity (Wildman–Crippen MR) is 94.0 cm³/mol. The summed E-state index contributed by atoms with van der Waals surface area (Å²) in [6, 6.07) is 7.75. The molecule has 5 heteroatoms. The lowest BCUT2D eigenvalue weighted by atomic mass is 10.1. The zero-order valence-corrected chi connectivity index (χ0v) is 15.2. The Morgan fingerprint density at radius 3 is 2.38 bits per heavy atom. The number of alkyl carbamates (subject to hydrolysis) is 1. The van der Waals surface area contributed by atoms with Crippen LogP contribution in [0.25, 0.3) is 0 Å². The van der Waals surface area contributed by atoms with Crippen LogP contribution in [0.2, 0.25) is 0 Å². The Morgan fingerprint density at radius 1 is 1.25 bits per heavy atom. The SMILES string of the molecule is CC(C)Oc1ccc(CCC(=CF)CNC(=O)OC(C)(C)C)cc1. The molecule has 0 atom stereocenters. The topological polar surface area (TPSA) is 47.6 Å². The summed E-state index contributed by atoms with van der Waals surface area (Å²) in [4.78, 5) is 11.6. The lowest BCUT2D eigenvalue weighted by molar-refractivity contribution is 0.0532. The highest BCUT2D eigenvalue weighted by molar-refractivity contribution is 5.68. The molecule has 0 aliphatic heterocycles. The van der Waals surface area contributed by atoms with Gasteiger partial charge in [-0.15, -0.1) is 0 Å². The highest BCUT2D eigenvalue weighted by atomic mass is 19.1. The molecule has 0 saturated carbocycles. The number of hydrogen-bond acceptors (Lipinski definition) is 3. The van der Waals surface area contributed by atoms with Gasteiger partial charge in [0.05, 0.1) is 12.4 Å². The zero-order valence-electron chi connectivity index (χ0n) is 15.2. The number of hydrogen-bond donors (Lipinski definition) is 1. The number of ether oxygens (including phenoxy) is 2. The second-order valence-corrected chi connectivity index (χ2v) is 6.93. The third-order valence-corrected chi connectivity index (χ3v) is 3.04. The summed E-state index contributed by atoms with van der Waals surface area (Å²) >= 11 is 0. The largest absolute Gasteiger partial charge is 0.491 e. The summed E-state index contributed by atoms with van der Waals surface area (Å²) in [5.74, 6) is 0.821. The molecule has 0 aliphatic carbocycles. The minimum atomic E-state index is -0.566. The summed E-state index contributed by atoms with van der Waals surface area (Å²) in [7, 11) is 0. The Hall–Kier alpha value is -2.04. The van der Waals surface area contributed by atoms with Crippen LogP contribution >= 0.6 is 0 Å². The van der Waals surface area contributed by atoms with Crippen molar-refractivity contribution in [3.8, 4) is 5.75 Å². The Labute approximate surface area is 144 Å². The number of carbonyl (C=O) groups is 1. The van der Waals surface area contributed by atoms with Crippen LogP contribution in [0.3, 0.4) is 0 Å². The van der Waals surface area contributed by atoms with Gasteiger partial charge in [0.25, 0.3) is 0 Å². The molecule has 24 heavy (non-hydrogen) atoms. The third kappa shape index (κ3) is 8.56. The maximum absolute atomic E-state index is 13.0. The molecule has 0 bridgehead atoms. The number of carbonyl (C=O) groups excluding carboxylic acids is 1. The second-order valence-electron chi connectivity index (χ2n) is 6.93. The predicted octanol–water partition coefficient (Wildman–Crippen LogP) is 4.78. The molecule has 1 rings (SSSR count). The molecule has 1 N–H and O–H groups in total. The molecule has 0 aromatic heterocycles. The smallest absolute Gasteiger partial charge is 0.407 e. The van der Waals surface area contributed by atoms with E-state index in [-0.39, 0.29) is 12.6 Å². The Morgan fingerprint density at radius 2 is 1.88 bits per heavy atom. The molecule has 0 spiro atoms. The van der Waals surface area contributed by atoms with Crippen molar-refractivity contribution in [3.63, 3.8) is 0 Å². The number of halogens is 1. The van der Waals surface area contributed by atoms with E-state index >= 15 is 0 Å². The van der Waals surface area contributed by atoms with Gasteiger partial charge in [-0.05, 0) is 70.7 Å². The first-order valence-corrected chi connectivity index (χ1v) is 8.20. The van der Waals surface area contributed by atoms with Gasteiger partial charge < -0.3 is 14.8 Å². The molecule has 1 amide bonds. The Balaban J connectivity index is 2.42. The number of rotatable bonds is 7. The standard InChI is InChI=1S/C19H28FNO3/c1-14(2)23-17-10-8-15(9-11-17)6-7-16(12-20)13-21-18(22)24-19(3,4)5/h8-12,14H,6-7,13H2,1-5H3,(H,21,22). The summed E-state index contributed by atoms with van der Waals surface area (Å²) < 4.78 is 23.7. The molecular weight excluding hydrogens is 309 g/mol. The lowest BCUT2D eigenvalue weighted by Gasteiger charge is -2.20. The van der Waals surface area contributed by atoms with Crippen molar-refractivity contribution in [1.29, 1.82) is 0 Å². The van der Waals surface area contributed by atoms with E-state index in [9.17, 15) is 9.18 Å². The summed E-state index contributed by atoms with van der Waals surface area (Å²) in [5, 5.41) is 2.57. The van der Waals surface area contributed by atoms with Crippen LogP contribution in [0, 0.1) is 0 Å². The maximum Gasteiger partial charge on any atom is 0.407 e. The zero-order chi connectivity index (χ0) is 18.2. The first-order valence-electron chi connectivity index (χ1n) is 8.20. The van der Waals surface area contributed by atoms with E-state index in [4.69, 9.17) is 9.47 Å². The van der Waals surface area contributed by atoms with Crippen LogP contribution in [0.5, 0.6) is 5.75 Å². The second kappa shape index (κ2) is 9.30. The number of benzene rings is 1. The van der Waals surface area contributed by atoms with Crippen LogP contribution in [0.4, 0.5) is 9.18 Å². The van der Waals surface area contributed by atoms with Gasteiger partial charge in [-0.25, -0.2) is 9.18 Å². The van der Waals surface area contributed by atoms with Crippen molar-refractivity contribution in [2.75, 3.05) is 6.54 Å². The quantitative estimate of drug-likeness (QED) is 0.778. The highest BCUT2D eigenvalue weighted by Gasteiger charge is 2.16. The minimum absolute atomic E-state index is 0.135. The maximum atomic E-state index is 13.0. The molecule has 0 radical (unpaired) electrons. The van der Waals surface area contributed by atoms with Gasteiger partial charge >= 0.3 is 6.09 Å². The van der Waals surface area contributed by atoms with Crippen molar-refractivity contribution >= 4 is 6.09 Å². The molecule has 4 nitrogen and oxygen atoms in total. The van der Waals surface area contributed by atoms with E-state index in [0.29, 0.717) is 24.7 Å². The average molecular weight is 337 g/mol. The van der Waals surface area contributed by atoms with E-state index < -0.39 is 11.7 Å². The summed E-state index contributed by atoms with van der Waals surface area (Å²) in [6.45, 7) is 9.44. The van der Waals surface area contributed by atoms with Crippen LogP contribution in [0.1, 0.15) is 46.6 Å². The molecule has 0 fully saturated rings. The van der Waals surface area contributed by atoms with E-state index in [1.54, 1.807) is 20.8 Å². The van der Waals surface area contributed by atoms with Crippen molar-refractivity contribution in [3.05, 3.63) is 41.7 Å². The average Bonchev–Trinajstić information content (AvgIpc) is 2.46. The molecule has 1 aromatic carbocycles. The van der Waals surface area contributed by atoms with Gasteiger partial charge in [0.1, 0.15) is 11.4 Å². The molecule has 0 unspecified atom stereocenters. The van der Waals surface area contributed by atoms with Gasteiger partial charge in [0, 0.05) is 6.54 Å². The number of nitrogens with one attached hydrogen (secondary N) is 1. The lowest BCUT2D eigenvalue weighted by Crippen LogP contribution is -2.33. The summed E-state index contributed by atoms with van der Waals surface area (Å²) in [5.41, 5.74) is 1.04. The van der Waals surface area contributed by atoms with Gasteiger partial charge in [0.15, 0.2) is 0 Å². The van der Waals surface area contributed by atoms with Gasteiger partial charge in [-0.2, -0.15) is 0 Å². The molecule has 0 aliphatic rings. The first-order chi connectivity index (χ1) is 11.2. The van der Waals surface area contributed by atoms with Crippen molar-refractivity contribution in [1.82, 2.24) is 5.32 Å². The molecule has 1 aromatic rings. The number of aryl methyl sites for hydroxylation is 1. The number of amides is 1. The van der Waals surface area contributed by atoms with E-state index in [2.05, 4.69) is 5.32 Å². The fourth-order valence-electron chi connectivity index (χ4n) is 1.99. The molecular formula is C19H28FNO3. The van der Waals surface area contributed by atoms with Gasteiger partial charge in [0.2, 0.25) is 0 Å². The van der Waals surface area contributed by atoms with Crippen LogP contribution < -0.4 is 10.1 Å². The van der Waals surface area contributed by atoms with Crippen LogP contribution in [-0.4, -0.2) is 24.3 Å². The van der Waals surface area contributed by atoms with E-state index in [1.807, 2.05) is 38.1 Å². The molecule has 134 valence electrons. The Bertz CT molecular complexity index is 545. The Kier molecular flexibility index (Phi) is 7.75.